The fraction of sp³-hybridized carbons (Fsp3) is 0.818. The van der Waals surface area contributed by atoms with Crippen LogP contribution in [0.25, 0.3) is 0 Å². The maximum Gasteiger partial charge on any atom is 0.303 e. The zero-order valence-corrected chi connectivity index (χ0v) is 10.0. The molecule has 0 rings (SSSR count). The van der Waals surface area contributed by atoms with Crippen molar-refractivity contribution in [2.75, 3.05) is 6.61 Å². The first-order chi connectivity index (χ1) is 7.10. The number of rotatable bonds is 5. The van der Waals surface area contributed by atoms with Crippen molar-refractivity contribution in [1.29, 1.82) is 0 Å². The molecule has 0 aromatic carbocycles. The number of aldehydes is 1. The van der Waals surface area contributed by atoms with Gasteiger partial charge in [0.1, 0.15) is 6.29 Å². The summed E-state index contributed by atoms with van der Waals surface area (Å²) < 4.78 is 0. The number of aliphatic carboxylic acids is 1. The summed E-state index contributed by atoms with van der Waals surface area (Å²) in [6.45, 7) is 5.98. The van der Waals surface area contributed by atoms with Crippen LogP contribution in [0.4, 0.5) is 0 Å². The first-order valence-corrected chi connectivity index (χ1v) is 5.36. The molecule has 92 valence electrons. The third-order valence-corrected chi connectivity index (χ3v) is 1.22. The molecular formula is C11H24O4. The maximum atomic E-state index is 9.40. The van der Waals surface area contributed by atoms with E-state index >= 15 is 0 Å². The van der Waals surface area contributed by atoms with Gasteiger partial charge in [0, 0.05) is 19.4 Å². The van der Waals surface area contributed by atoms with E-state index in [4.69, 9.17) is 10.2 Å². The highest BCUT2D eigenvalue weighted by Crippen LogP contribution is 1.78. The first kappa shape index (κ1) is 19.6. The lowest BCUT2D eigenvalue weighted by molar-refractivity contribution is -0.136. The number of aliphatic hydroxyl groups excluding tert-OH is 1. The summed E-state index contributed by atoms with van der Waals surface area (Å²) in [7, 11) is 0. The van der Waals surface area contributed by atoms with Gasteiger partial charge in [-0.3, -0.25) is 4.79 Å². The molecule has 4 heteroatoms. The fourth-order valence-corrected chi connectivity index (χ4v) is 0.276. The van der Waals surface area contributed by atoms with Crippen molar-refractivity contribution < 1.29 is 19.8 Å². The lowest BCUT2D eigenvalue weighted by atomic mass is 10.4. The van der Waals surface area contributed by atoms with Gasteiger partial charge in [-0.15, -0.1) is 0 Å². The van der Waals surface area contributed by atoms with Gasteiger partial charge in [-0.05, 0) is 12.8 Å². The summed E-state index contributed by atoms with van der Waals surface area (Å²) in [6.07, 6.45) is 4.88. The summed E-state index contributed by atoms with van der Waals surface area (Å²) in [5, 5.41) is 15.8. The smallest absolute Gasteiger partial charge is 0.303 e. The largest absolute Gasteiger partial charge is 0.481 e. The lowest BCUT2D eigenvalue weighted by Crippen LogP contribution is -1.86. The Morgan fingerprint density at radius 3 is 1.67 bits per heavy atom. The second-order valence-corrected chi connectivity index (χ2v) is 2.78. The second kappa shape index (κ2) is 23.2. The molecule has 0 amide bonds. The van der Waals surface area contributed by atoms with Crippen LogP contribution >= 0.6 is 0 Å². The van der Waals surface area contributed by atoms with Gasteiger partial charge in [0.25, 0.3) is 0 Å². The summed E-state index contributed by atoms with van der Waals surface area (Å²) in [6, 6.07) is 0. The third-order valence-electron chi connectivity index (χ3n) is 1.22. The molecule has 0 spiro atoms. The van der Waals surface area contributed by atoms with E-state index in [9.17, 15) is 9.59 Å². The highest BCUT2D eigenvalue weighted by molar-refractivity contribution is 5.66. The number of carbonyl (C=O) groups is 2. The van der Waals surface area contributed by atoms with Crippen LogP contribution in [-0.2, 0) is 9.59 Å². The molecule has 0 aromatic rings. The van der Waals surface area contributed by atoms with E-state index in [1.54, 1.807) is 6.92 Å². The minimum absolute atomic E-state index is 0.222. The van der Waals surface area contributed by atoms with Gasteiger partial charge in [0.05, 0.1) is 0 Å². The molecule has 2 N–H and O–H groups in total. The van der Waals surface area contributed by atoms with Crippen molar-refractivity contribution in [1.82, 2.24) is 0 Å². The predicted octanol–water partition coefficient (Wildman–Crippen LogP) is 2.25. The minimum Gasteiger partial charge on any atom is -0.481 e. The van der Waals surface area contributed by atoms with Crippen molar-refractivity contribution >= 4 is 12.3 Å². The Morgan fingerprint density at radius 2 is 1.67 bits per heavy atom. The molecule has 0 radical (unpaired) electrons. The van der Waals surface area contributed by atoms with E-state index in [-0.39, 0.29) is 6.42 Å². The molecule has 0 heterocycles. The van der Waals surface area contributed by atoms with Gasteiger partial charge in [0.15, 0.2) is 0 Å². The van der Waals surface area contributed by atoms with Gasteiger partial charge in [-0.2, -0.15) is 0 Å². The second-order valence-electron chi connectivity index (χ2n) is 2.78. The maximum absolute atomic E-state index is 9.40. The average molecular weight is 220 g/mol. The molecule has 0 fully saturated rings. The molecule has 0 aliphatic carbocycles. The SMILES string of the molecule is CCC(=O)O.CCCC=O.CCCCO. The Labute approximate surface area is 92.3 Å². The quantitative estimate of drug-likeness (QED) is 0.697. The van der Waals surface area contributed by atoms with Crippen molar-refractivity contribution in [3.05, 3.63) is 0 Å². The number of carboxylic acids is 1. The summed E-state index contributed by atoms with van der Waals surface area (Å²) >= 11 is 0. The van der Waals surface area contributed by atoms with Gasteiger partial charge in [-0.1, -0.05) is 27.2 Å². The zero-order chi connectivity index (χ0) is 12.5. The van der Waals surface area contributed by atoms with Gasteiger partial charge in [-0.25, -0.2) is 0 Å². The van der Waals surface area contributed by atoms with Crippen molar-refractivity contribution in [3.8, 4) is 0 Å². The Morgan fingerprint density at radius 1 is 1.20 bits per heavy atom. The Balaban J connectivity index is -0.000000144. The summed E-state index contributed by atoms with van der Waals surface area (Å²) in [4.78, 5) is 18.8. The summed E-state index contributed by atoms with van der Waals surface area (Å²) in [5.41, 5.74) is 0. The Hall–Kier alpha value is -0.900. The van der Waals surface area contributed by atoms with Crippen molar-refractivity contribution in [2.24, 2.45) is 0 Å². The van der Waals surface area contributed by atoms with Gasteiger partial charge >= 0.3 is 5.97 Å². The fourth-order valence-electron chi connectivity index (χ4n) is 0.276. The van der Waals surface area contributed by atoms with Crippen LogP contribution in [0.1, 0.15) is 52.9 Å². The van der Waals surface area contributed by atoms with Crippen LogP contribution in [0.3, 0.4) is 0 Å². The van der Waals surface area contributed by atoms with E-state index in [0.717, 1.165) is 25.5 Å². The van der Waals surface area contributed by atoms with E-state index in [1.165, 1.54) is 0 Å². The zero-order valence-electron chi connectivity index (χ0n) is 10.0. The number of carbonyl (C=O) groups excluding carboxylic acids is 1. The first-order valence-electron chi connectivity index (χ1n) is 5.36. The van der Waals surface area contributed by atoms with E-state index < -0.39 is 5.97 Å². The molecule has 0 saturated carbocycles. The van der Waals surface area contributed by atoms with Crippen LogP contribution in [0.5, 0.6) is 0 Å². The van der Waals surface area contributed by atoms with E-state index in [2.05, 4.69) is 6.92 Å². The lowest BCUT2D eigenvalue weighted by Gasteiger charge is -1.79. The van der Waals surface area contributed by atoms with E-state index in [1.807, 2.05) is 6.92 Å². The Bertz CT molecular complexity index is 122. The number of unbranched alkanes of at least 4 members (excludes halogenated alkanes) is 2. The van der Waals surface area contributed by atoms with Gasteiger partial charge in [0.2, 0.25) is 0 Å². The van der Waals surface area contributed by atoms with Crippen LogP contribution in [-0.4, -0.2) is 29.1 Å². The molecule has 15 heavy (non-hydrogen) atoms. The average Bonchev–Trinajstić information content (AvgIpc) is 2.22. The molecule has 0 aliphatic heterocycles. The minimum atomic E-state index is -0.745. The van der Waals surface area contributed by atoms with Crippen LogP contribution in [0.15, 0.2) is 0 Å². The number of hydrogen-bond donors (Lipinski definition) is 2. The number of aliphatic hydroxyl groups is 1. The van der Waals surface area contributed by atoms with Crippen LogP contribution < -0.4 is 0 Å². The van der Waals surface area contributed by atoms with Gasteiger partial charge < -0.3 is 15.0 Å². The molecule has 0 saturated heterocycles. The van der Waals surface area contributed by atoms with Crippen molar-refractivity contribution in [2.45, 2.75) is 52.9 Å². The molecule has 0 atom stereocenters. The molecular weight excluding hydrogens is 196 g/mol. The standard InChI is InChI=1S/C4H10O.C4H8O.C3H6O2/c2*1-2-3-4-5;1-2-3(4)5/h5H,2-4H2,1H3;4H,2-3H2,1H3;2H2,1H3,(H,4,5). The topological polar surface area (TPSA) is 74.6 Å². The monoisotopic (exact) mass is 220 g/mol. The van der Waals surface area contributed by atoms with Crippen LogP contribution in [0.2, 0.25) is 0 Å². The number of carboxylic acid groups (broad SMARTS) is 1. The normalized spacial score (nSPS) is 7.73. The van der Waals surface area contributed by atoms with E-state index in [0.29, 0.717) is 13.0 Å². The summed E-state index contributed by atoms with van der Waals surface area (Å²) in [5.74, 6) is -0.745. The molecule has 0 unspecified atom stereocenters. The molecule has 4 nitrogen and oxygen atoms in total. The third kappa shape index (κ3) is 62.1. The number of hydrogen-bond acceptors (Lipinski definition) is 3. The molecule has 0 aliphatic rings. The Kier molecular flexibility index (Phi) is 30.3. The highest BCUT2D eigenvalue weighted by atomic mass is 16.4. The molecule has 0 bridgehead atoms. The predicted molar refractivity (Wildman–Crippen MR) is 60.9 cm³/mol. The van der Waals surface area contributed by atoms with Crippen LogP contribution in [0, 0.1) is 0 Å². The molecule has 0 aromatic heterocycles. The highest BCUT2D eigenvalue weighted by Gasteiger charge is 1.80. The van der Waals surface area contributed by atoms with Crippen molar-refractivity contribution in [3.63, 3.8) is 0 Å².